The van der Waals surface area contributed by atoms with Gasteiger partial charge in [0.1, 0.15) is 5.82 Å². The van der Waals surface area contributed by atoms with Crippen LogP contribution in [0.3, 0.4) is 0 Å². The average molecular weight is 340 g/mol. The van der Waals surface area contributed by atoms with Gasteiger partial charge in [-0.2, -0.15) is 5.10 Å². The van der Waals surface area contributed by atoms with E-state index in [0.717, 1.165) is 38.8 Å². The molecule has 1 fully saturated rings. The predicted octanol–water partition coefficient (Wildman–Crippen LogP) is 1.62. The third kappa shape index (κ3) is 3.38. The van der Waals surface area contributed by atoms with Gasteiger partial charge < -0.3 is 4.90 Å². The van der Waals surface area contributed by atoms with Gasteiger partial charge in [0, 0.05) is 32.0 Å². The molecular weight excluding hydrogens is 316 g/mol. The van der Waals surface area contributed by atoms with Crippen LogP contribution in [0.25, 0.3) is 0 Å². The zero-order valence-electron chi connectivity index (χ0n) is 14.4. The van der Waals surface area contributed by atoms with Crippen molar-refractivity contribution in [2.24, 2.45) is 11.8 Å². The van der Waals surface area contributed by atoms with Crippen LogP contribution in [0.4, 0.5) is 0 Å². The first kappa shape index (κ1) is 16.1. The van der Waals surface area contributed by atoms with E-state index >= 15 is 0 Å². The quantitative estimate of drug-likeness (QED) is 0.923. The monoisotopic (exact) mass is 340 g/mol. The van der Waals surface area contributed by atoms with Crippen molar-refractivity contribution < 1.29 is 4.79 Å². The summed E-state index contributed by atoms with van der Waals surface area (Å²) in [5, 5.41) is 6.53. The number of carbonyl (C=O) groups is 1. The van der Waals surface area contributed by atoms with Crippen molar-refractivity contribution in [1.82, 2.24) is 19.7 Å². The Hall–Kier alpha value is -2.37. The van der Waals surface area contributed by atoms with Crippen LogP contribution in [-0.4, -0.2) is 38.7 Å². The lowest BCUT2D eigenvalue weighted by molar-refractivity contribution is -0.137. The van der Waals surface area contributed by atoms with E-state index in [1.807, 2.05) is 11.0 Å². The Morgan fingerprint density at radius 2 is 1.88 bits per heavy atom. The molecule has 0 aliphatic carbocycles. The van der Waals surface area contributed by atoms with Crippen LogP contribution >= 0.6 is 0 Å². The first-order valence-corrected chi connectivity index (χ1v) is 9.17. The number of piperidine rings is 1. The molecule has 0 bridgehead atoms. The number of hydrogen-bond acceptors (Lipinski definition) is 3. The van der Waals surface area contributed by atoms with E-state index in [0.29, 0.717) is 24.7 Å². The maximum absolute atomic E-state index is 12.8. The molecule has 0 radical (unpaired) electrons. The fraction of sp³-hybridized carbons (Fsp3) is 0.526. The number of aromatic amines is 1. The molecule has 2 aliphatic heterocycles. The van der Waals surface area contributed by atoms with Crippen molar-refractivity contribution in [3.05, 3.63) is 52.2 Å². The van der Waals surface area contributed by atoms with Gasteiger partial charge in [-0.1, -0.05) is 30.3 Å². The van der Waals surface area contributed by atoms with E-state index in [9.17, 15) is 9.59 Å². The highest BCUT2D eigenvalue weighted by atomic mass is 16.2. The number of fused-ring (bicyclic) bond motifs is 1. The maximum Gasteiger partial charge on any atom is 0.343 e. The van der Waals surface area contributed by atoms with Gasteiger partial charge in [-0.25, -0.2) is 9.89 Å². The lowest BCUT2D eigenvalue weighted by Gasteiger charge is -2.35. The second kappa shape index (κ2) is 6.86. The molecule has 1 amide bonds. The molecule has 132 valence electrons. The molecule has 1 N–H and O–H groups in total. The SMILES string of the molecule is O=C(C1CCn2c(n[nH]c2=O)C1)N1CCC(Cc2ccccc2)CC1. The average Bonchev–Trinajstić information content (AvgIpc) is 3.03. The van der Waals surface area contributed by atoms with Gasteiger partial charge in [0.2, 0.25) is 5.91 Å². The summed E-state index contributed by atoms with van der Waals surface area (Å²) in [5.74, 6) is 1.58. The van der Waals surface area contributed by atoms with E-state index in [1.54, 1.807) is 4.57 Å². The Morgan fingerprint density at radius 1 is 1.12 bits per heavy atom. The number of nitrogens with one attached hydrogen (secondary N) is 1. The number of hydrogen-bond donors (Lipinski definition) is 1. The van der Waals surface area contributed by atoms with Crippen LogP contribution in [0.15, 0.2) is 35.1 Å². The second-order valence-electron chi connectivity index (χ2n) is 7.24. The molecule has 25 heavy (non-hydrogen) atoms. The lowest BCUT2D eigenvalue weighted by atomic mass is 9.89. The van der Waals surface area contributed by atoms with Crippen molar-refractivity contribution >= 4 is 5.91 Å². The van der Waals surface area contributed by atoms with Crippen LogP contribution in [-0.2, 0) is 24.2 Å². The van der Waals surface area contributed by atoms with Crippen LogP contribution in [0, 0.1) is 11.8 Å². The lowest BCUT2D eigenvalue weighted by Crippen LogP contribution is -2.44. The minimum atomic E-state index is -0.164. The Labute approximate surface area is 146 Å². The maximum atomic E-state index is 12.8. The van der Waals surface area contributed by atoms with E-state index < -0.39 is 0 Å². The fourth-order valence-electron chi connectivity index (χ4n) is 4.12. The highest BCUT2D eigenvalue weighted by molar-refractivity contribution is 5.79. The summed E-state index contributed by atoms with van der Waals surface area (Å²) in [4.78, 5) is 26.4. The molecule has 4 rings (SSSR count). The molecule has 2 aliphatic rings. The van der Waals surface area contributed by atoms with E-state index in [2.05, 4.69) is 34.5 Å². The zero-order chi connectivity index (χ0) is 17.2. The highest BCUT2D eigenvalue weighted by Gasteiger charge is 2.32. The number of benzene rings is 1. The van der Waals surface area contributed by atoms with Crippen LogP contribution in [0.5, 0.6) is 0 Å². The van der Waals surface area contributed by atoms with Gasteiger partial charge in [-0.05, 0) is 37.2 Å². The predicted molar refractivity (Wildman–Crippen MR) is 94.1 cm³/mol. The number of likely N-dealkylation sites (tertiary alicyclic amines) is 1. The number of amides is 1. The van der Waals surface area contributed by atoms with Gasteiger partial charge in [0.25, 0.3) is 0 Å². The van der Waals surface area contributed by atoms with Crippen LogP contribution in [0.1, 0.15) is 30.7 Å². The first-order chi connectivity index (χ1) is 12.2. The van der Waals surface area contributed by atoms with Crippen molar-refractivity contribution in [3.8, 4) is 0 Å². The first-order valence-electron chi connectivity index (χ1n) is 9.17. The molecule has 6 heteroatoms. The summed E-state index contributed by atoms with van der Waals surface area (Å²) < 4.78 is 1.65. The van der Waals surface area contributed by atoms with Gasteiger partial charge in [-0.3, -0.25) is 9.36 Å². The highest BCUT2D eigenvalue weighted by Crippen LogP contribution is 2.25. The van der Waals surface area contributed by atoms with Gasteiger partial charge >= 0.3 is 5.69 Å². The Morgan fingerprint density at radius 3 is 2.64 bits per heavy atom. The molecule has 1 saturated heterocycles. The van der Waals surface area contributed by atoms with Crippen molar-refractivity contribution in [3.63, 3.8) is 0 Å². The summed E-state index contributed by atoms with van der Waals surface area (Å²) in [6.45, 7) is 2.28. The largest absolute Gasteiger partial charge is 0.343 e. The third-order valence-corrected chi connectivity index (χ3v) is 5.61. The molecule has 1 atom stereocenters. The molecule has 2 aromatic rings. The van der Waals surface area contributed by atoms with Gasteiger partial charge in [0.15, 0.2) is 0 Å². The molecular formula is C19H24N4O2. The van der Waals surface area contributed by atoms with Crippen molar-refractivity contribution in [2.75, 3.05) is 13.1 Å². The van der Waals surface area contributed by atoms with Crippen molar-refractivity contribution in [1.29, 1.82) is 0 Å². The summed E-state index contributed by atoms with van der Waals surface area (Å²) in [5.41, 5.74) is 1.22. The van der Waals surface area contributed by atoms with Gasteiger partial charge in [0.05, 0.1) is 0 Å². The van der Waals surface area contributed by atoms with Crippen LogP contribution < -0.4 is 5.69 Å². The van der Waals surface area contributed by atoms with E-state index in [-0.39, 0.29) is 17.5 Å². The fourth-order valence-corrected chi connectivity index (χ4v) is 4.12. The topological polar surface area (TPSA) is 71.0 Å². The summed E-state index contributed by atoms with van der Waals surface area (Å²) >= 11 is 0. The summed E-state index contributed by atoms with van der Waals surface area (Å²) in [6.07, 6.45) is 4.55. The molecule has 1 aromatic heterocycles. The Balaban J connectivity index is 1.32. The van der Waals surface area contributed by atoms with Gasteiger partial charge in [-0.15, -0.1) is 0 Å². The van der Waals surface area contributed by atoms with E-state index in [1.165, 1.54) is 5.56 Å². The van der Waals surface area contributed by atoms with E-state index in [4.69, 9.17) is 0 Å². The normalized spacial score (nSPS) is 21.1. The third-order valence-electron chi connectivity index (χ3n) is 5.61. The molecule has 1 aromatic carbocycles. The summed E-state index contributed by atoms with van der Waals surface area (Å²) in [7, 11) is 0. The number of aromatic nitrogens is 3. The molecule has 0 spiro atoms. The Bertz CT molecular complexity index is 787. The van der Waals surface area contributed by atoms with Crippen molar-refractivity contribution in [2.45, 2.75) is 38.6 Å². The Kier molecular flexibility index (Phi) is 4.42. The minimum Gasteiger partial charge on any atom is -0.342 e. The molecule has 3 heterocycles. The molecule has 0 saturated carbocycles. The molecule has 6 nitrogen and oxygen atoms in total. The zero-order valence-corrected chi connectivity index (χ0v) is 14.4. The molecule has 1 unspecified atom stereocenters. The standard InChI is InChI=1S/C19H24N4O2/c24-18(16-8-11-23-17(13-16)20-21-19(23)25)22-9-6-15(7-10-22)12-14-4-2-1-3-5-14/h1-5,15-16H,6-13H2,(H,21,25). The minimum absolute atomic E-state index is 0.0339. The summed E-state index contributed by atoms with van der Waals surface area (Å²) in [6, 6.07) is 10.6. The smallest absolute Gasteiger partial charge is 0.342 e. The number of carbonyl (C=O) groups excluding carboxylic acids is 1. The number of rotatable bonds is 3. The second-order valence-corrected chi connectivity index (χ2v) is 7.24. The number of nitrogens with zero attached hydrogens (tertiary/aromatic N) is 3. The van der Waals surface area contributed by atoms with Crippen LogP contribution in [0.2, 0.25) is 0 Å². The number of H-pyrrole nitrogens is 1.